The summed E-state index contributed by atoms with van der Waals surface area (Å²) in [6, 6.07) is -0.478. The molecule has 2 aliphatic rings. The van der Waals surface area contributed by atoms with Crippen molar-refractivity contribution in [2.75, 3.05) is 13.1 Å². The fourth-order valence-electron chi connectivity index (χ4n) is 2.57. The third-order valence-corrected chi connectivity index (χ3v) is 4.07. The van der Waals surface area contributed by atoms with E-state index in [2.05, 4.69) is 5.32 Å². The highest BCUT2D eigenvalue weighted by Gasteiger charge is 2.40. The van der Waals surface area contributed by atoms with Crippen LogP contribution >= 0.6 is 0 Å². The fraction of sp³-hybridized carbons (Fsp3) is 0.857. The van der Waals surface area contributed by atoms with Crippen LogP contribution in [0, 0.1) is 0 Å². The summed E-state index contributed by atoms with van der Waals surface area (Å²) < 4.78 is 31.5. The number of alkyl halides is 2. The third-order valence-electron chi connectivity index (χ3n) is 4.07. The average Bonchev–Trinajstić information content (AvgIpc) is 2.43. The average molecular weight is 304 g/mol. The van der Waals surface area contributed by atoms with Gasteiger partial charge < -0.3 is 10.1 Å². The predicted octanol–water partition coefficient (Wildman–Crippen LogP) is 2.30. The van der Waals surface area contributed by atoms with Crippen LogP contribution in [0.1, 0.15) is 45.4 Å². The lowest BCUT2D eigenvalue weighted by Crippen LogP contribution is -2.63. The molecule has 1 saturated carbocycles. The number of β-lactam (4-membered cyclic amide) rings is 1. The van der Waals surface area contributed by atoms with Crippen LogP contribution in [-0.2, 0) is 9.53 Å². The van der Waals surface area contributed by atoms with Crippen LogP contribution in [-0.4, -0.2) is 48.1 Å². The van der Waals surface area contributed by atoms with E-state index in [4.69, 9.17) is 4.74 Å². The molecule has 21 heavy (non-hydrogen) atoms. The lowest BCUT2D eigenvalue weighted by molar-refractivity contribution is -0.133. The first-order valence-corrected chi connectivity index (χ1v) is 7.56. The van der Waals surface area contributed by atoms with E-state index in [1.165, 1.54) is 4.90 Å². The minimum atomic E-state index is -2.64. The molecule has 0 aromatic rings. The van der Waals surface area contributed by atoms with Gasteiger partial charge in [0.25, 0.3) is 0 Å². The zero-order valence-electron chi connectivity index (χ0n) is 12.2. The molecule has 1 saturated heterocycles. The standard InChI is InChI=1S/C14H22F2N2O3/c1-2-3-8-18(11-9-17-12(11)19)13(20)21-10-4-6-14(15,16)7-5-10/h10-11H,2-9H2,1H3,(H,17,19)/t11-/m0/s1. The highest BCUT2D eigenvalue weighted by molar-refractivity contribution is 5.90. The molecule has 0 aromatic heterocycles. The predicted molar refractivity (Wildman–Crippen MR) is 72.1 cm³/mol. The van der Waals surface area contributed by atoms with Crippen molar-refractivity contribution >= 4 is 12.0 Å². The Bertz CT molecular complexity index is 394. The summed E-state index contributed by atoms with van der Waals surface area (Å²) in [5.74, 6) is -2.82. The van der Waals surface area contributed by atoms with Gasteiger partial charge in [-0.05, 0) is 19.3 Å². The zero-order valence-corrected chi connectivity index (χ0v) is 12.2. The molecule has 5 nitrogen and oxygen atoms in total. The number of hydrogen-bond donors (Lipinski definition) is 1. The lowest BCUT2D eigenvalue weighted by atomic mass is 9.94. The second-order valence-corrected chi connectivity index (χ2v) is 5.75. The van der Waals surface area contributed by atoms with E-state index in [0.717, 1.165) is 12.8 Å². The number of hydrogen-bond acceptors (Lipinski definition) is 3. The molecule has 1 heterocycles. The number of halogens is 2. The minimum absolute atomic E-state index is 0.178. The summed E-state index contributed by atoms with van der Waals surface area (Å²) in [5, 5.41) is 2.60. The molecule has 0 radical (unpaired) electrons. The maximum absolute atomic E-state index is 13.1. The van der Waals surface area contributed by atoms with Crippen molar-refractivity contribution < 1.29 is 23.1 Å². The molecule has 0 bridgehead atoms. The van der Waals surface area contributed by atoms with E-state index in [0.29, 0.717) is 13.1 Å². The smallest absolute Gasteiger partial charge is 0.410 e. The van der Waals surface area contributed by atoms with Crippen LogP contribution in [0.3, 0.4) is 0 Å². The van der Waals surface area contributed by atoms with E-state index in [-0.39, 0.29) is 31.6 Å². The van der Waals surface area contributed by atoms with Crippen LogP contribution < -0.4 is 5.32 Å². The van der Waals surface area contributed by atoms with E-state index in [9.17, 15) is 18.4 Å². The Kier molecular flexibility index (Phi) is 5.00. The van der Waals surface area contributed by atoms with Crippen LogP contribution in [0.25, 0.3) is 0 Å². The van der Waals surface area contributed by atoms with Crippen LogP contribution in [0.5, 0.6) is 0 Å². The molecule has 7 heteroatoms. The van der Waals surface area contributed by atoms with Crippen molar-refractivity contribution in [3.8, 4) is 0 Å². The summed E-state index contributed by atoms with van der Waals surface area (Å²) in [5.41, 5.74) is 0. The fourth-order valence-corrected chi connectivity index (χ4v) is 2.57. The summed E-state index contributed by atoms with van der Waals surface area (Å²) in [6.45, 7) is 2.88. The van der Waals surface area contributed by atoms with Crippen molar-refractivity contribution in [1.29, 1.82) is 0 Å². The Morgan fingerprint density at radius 2 is 2.10 bits per heavy atom. The van der Waals surface area contributed by atoms with Crippen molar-refractivity contribution in [2.24, 2.45) is 0 Å². The molecule has 120 valence electrons. The lowest BCUT2D eigenvalue weighted by Gasteiger charge is -2.37. The number of carbonyl (C=O) groups excluding carboxylic acids is 2. The number of nitrogens with one attached hydrogen (secondary N) is 1. The topological polar surface area (TPSA) is 58.6 Å². The first kappa shape index (κ1) is 16.0. The Morgan fingerprint density at radius 1 is 1.43 bits per heavy atom. The zero-order chi connectivity index (χ0) is 15.5. The van der Waals surface area contributed by atoms with Gasteiger partial charge in [-0.25, -0.2) is 13.6 Å². The molecule has 0 spiro atoms. The van der Waals surface area contributed by atoms with Crippen LogP contribution in [0.15, 0.2) is 0 Å². The van der Waals surface area contributed by atoms with Crippen molar-refractivity contribution in [1.82, 2.24) is 10.2 Å². The Hall–Kier alpha value is -1.40. The van der Waals surface area contributed by atoms with Gasteiger partial charge in [0.1, 0.15) is 12.1 Å². The molecular weight excluding hydrogens is 282 g/mol. The molecule has 1 N–H and O–H groups in total. The van der Waals surface area contributed by atoms with E-state index in [1.807, 2.05) is 6.92 Å². The second kappa shape index (κ2) is 6.58. The number of unbranched alkanes of at least 4 members (excludes halogenated alkanes) is 1. The Balaban J connectivity index is 1.87. The Labute approximate surface area is 123 Å². The van der Waals surface area contributed by atoms with Gasteiger partial charge in [0.2, 0.25) is 11.8 Å². The molecule has 2 fully saturated rings. The summed E-state index contributed by atoms with van der Waals surface area (Å²) in [6.07, 6.45) is 0.514. The van der Waals surface area contributed by atoms with Crippen molar-refractivity contribution in [3.05, 3.63) is 0 Å². The van der Waals surface area contributed by atoms with Crippen molar-refractivity contribution in [2.45, 2.75) is 63.5 Å². The maximum Gasteiger partial charge on any atom is 0.410 e. The molecule has 1 atom stereocenters. The quantitative estimate of drug-likeness (QED) is 0.793. The Morgan fingerprint density at radius 3 is 2.57 bits per heavy atom. The molecular formula is C14H22F2N2O3. The van der Waals surface area contributed by atoms with Gasteiger partial charge in [-0.1, -0.05) is 13.3 Å². The number of rotatable bonds is 5. The normalized spacial score (nSPS) is 24.9. The van der Waals surface area contributed by atoms with E-state index < -0.39 is 24.2 Å². The second-order valence-electron chi connectivity index (χ2n) is 5.75. The van der Waals surface area contributed by atoms with Gasteiger partial charge >= 0.3 is 6.09 Å². The van der Waals surface area contributed by atoms with Crippen LogP contribution in [0.2, 0.25) is 0 Å². The highest BCUT2D eigenvalue weighted by atomic mass is 19.3. The largest absolute Gasteiger partial charge is 0.446 e. The van der Waals surface area contributed by atoms with Gasteiger partial charge in [-0.2, -0.15) is 0 Å². The molecule has 2 amide bonds. The molecule has 1 aliphatic carbocycles. The van der Waals surface area contributed by atoms with E-state index >= 15 is 0 Å². The summed E-state index contributed by atoms with van der Waals surface area (Å²) in [7, 11) is 0. The number of carbonyl (C=O) groups is 2. The minimum Gasteiger partial charge on any atom is -0.446 e. The third kappa shape index (κ3) is 4.04. The van der Waals surface area contributed by atoms with Gasteiger partial charge in [-0.3, -0.25) is 9.69 Å². The highest BCUT2D eigenvalue weighted by Crippen LogP contribution is 2.34. The molecule has 2 rings (SSSR count). The molecule has 0 unspecified atom stereocenters. The number of nitrogens with zero attached hydrogens (tertiary/aromatic N) is 1. The molecule has 0 aromatic carbocycles. The van der Waals surface area contributed by atoms with Gasteiger partial charge in [0.15, 0.2) is 0 Å². The van der Waals surface area contributed by atoms with Gasteiger partial charge in [0, 0.05) is 25.9 Å². The van der Waals surface area contributed by atoms with E-state index in [1.54, 1.807) is 0 Å². The van der Waals surface area contributed by atoms with Gasteiger partial charge in [0.05, 0.1) is 0 Å². The number of ether oxygens (including phenoxy) is 1. The van der Waals surface area contributed by atoms with Crippen molar-refractivity contribution in [3.63, 3.8) is 0 Å². The summed E-state index contributed by atoms with van der Waals surface area (Å²) in [4.78, 5) is 25.1. The number of amides is 2. The van der Waals surface area contributed by atoms with Gasteiger partial charge in [-0.15, -0.1) is 0 Å². The SMILES string of the molecule is CCCCN(C(=O)OC1CCC(F)(F)CC1)[C@H]1CNC1=O. The first-order chi connectivity index (χ1) is 9.93. The maximum atomic E-state index is 13.1. The first-order valence-electron chi connectivity index (χ1n) is 7.56. The van der Waals surface area contributed by atoms with Crippen LogP contribution in [0.4, 0.5) is 13.6 Å². The monoisotopic (exact) mass is 304 g/mol. The summed E-state index contributed by atoms with van der Waals surface area (Å²) >= 11 is 0. The molecule has 1 aliphatic heterocycles.